The van der Waals surface area contributed by atoms with Gasteiger partial charge in [0.15, 0.2) is 0 Å². The number of fused-ring (bicyclic) bond motifs is 1. The van der Waals surface area contributed by atoms with Crippen LogP contribution in [0.4, 0.5) is 0 Å². The molecule has 1 aromatic heterocycles. The summed E-state index contributed by atoms with van der Waals surface area (Å²) in [5, 5.41) is 1.15. The molecule has 1 unspecified atom stereocenters. The molecule has 0 aliphatic heterocycles. The summed E-state index contributed by atoms with van der Waals surface area (Å²) in [4.78, 5) is 14.5. The fourth-order valence-electron chi connectivity index (χ4n) is 2.08. The van der Waals surface area contributed by atoms with Crippen LogP contribution < -0.4 is 5.73 Å². The highest BCUT2D eigenvalue weighted by Crippen LogP contribution is 2.22. The molecule has 90 valence electrons. The van der Waals surface area contributed by atoms with E-state index in [0.29, 0.717) is 6.42 Å². The van der Waals surface area contributed by atoms with E-state index in [1.807, 2.05) is 31.3 Å². The summed E-state index contributed by atoms with van der Waals surface area (Å²) < 4.78 is 4.63. The molecule has 0 bridgehead atoms. The van der Waals surface area contributed by atoms with Crippen molar-refractivity contribution in [3.05, 3.63) is 35.5 Å². The quantitative estimate of drug-likeness (QED) is 0.788. The summed E-state index contributed by atoms with van der Waals surface area (Å²) in [5.41, 5.74) is 9.07. The molecular formula is C13H16N2O2. The van der Waals surface area contributed by atoms with Crippen LogP contribution in [0.3, 0.4) is 0 Å². The highest BCUT2D eigenvalue weighted by Gasteiger charge is 2.16. The van der Waals surface area contributed by atoms with Gasteiger partial charge in [-0.1, -0.05) is 12.1 Å². The van der Waals surface area contributed by atoms with Gasteiger partial charge >= 0.3 is 5.97 Å². The van der Waals surface area contributed by atoms with Crippen LogP contribution in [-0.2, 0) is 16.0 Å². The number of rotatable bonds is 3. The number of methoxy groups -OCH3 is 1. The average Bonchev–Trinajstić information content (AvgIpc) is 2.72. The Labute approximate surface area is 99.8 Å². The van der Waals surface area contributed by atoms with Gasteiger partial charge in [-0.05, 0) is 24.1 Å². The zero-order chi connectivity index (χ0) is 12.4. The smallest absolute Gasteiger partial charge is 0.322 e. The first-order valence-corrected chi connectivity index (χ1v) is 5.52. The number of carbonyl (C=O) groups is 1. The maximum atomic E-state index is 11.3. The van der Waals surface area contributed by atoms with Crippen molar-refractivity contribution in [1.82, 2.24) is 4.98 Å². The molecule has 0 amide bonds. The molecule has 4 nitrogen and oxygen atoms in total. The maximum absolute atomic E-state index is 11.3. The molecule has 2 aromatic rings. The summed E-state index contributed by atoms with van der Waals surface area (Å²) in [7, 11) is 1.35. The number of hydrogen-bond donors (Lipinski definition) is 2. The third-order valence-corrected chi connectivity index (χ3v) is 2.94. The van der Waals surface area contributed by atoms with E-state index in [1.54, 1.807) is 0 Å². The van der Waals surface area contributed by atoms with Gasteiger partial charge in [0.2, 0.25) is 0 Å². The number of nitrogens with two attached hydrogens (primary N) is 1. The van der Waals surface area contributed by atoms with E-state index in [0.717, 1.165) is 16.5 Å². The molecule has 1 atom stereocenters. The fraction of sp³-hybridized carbons (Fsp3) is 0.308. The molecule has 0 saturated carbocycles. The lowest BCUT2D eigenvalue weighted by Crippen LogP contribution is -2.33. The molecule has 1 heterocycles. The normalized spacial score (nSPS) is 12.6. The van der Waals surface area contributed by atoms with E-state index in [-0.39, 0.29) is 5.97 Å². The van der Waals surface area contributed by atoms with E-state index in [2.05, 4.69) is 9.72 Å². The lowest BCUT2D eigenvalue weighted by molar-refractivity contribution is -0.142. The number of nitrogens with one attached hydrogen (secondary N) is 1. The number of aromatic nitrogens is 1. The van der Waals surface area contributed by atoms with E-state index >= 15 is 0 Å². The third-order valence-electron chi connectivity index (χ3n) is 2.94. The van der Waals surface area contributed by atoms with Crippen molar-refractivity contribution in [1.29, 1.82) is 0 Å². The number of carbonyl (C=O) groups excluding carboxylic acids is 1. The number of benzene rings is 1. The first-order valence-electron chi connectivity index (χ1n) is 5.52. The van der Waals surface area contributed by atoms with Gasteiger partial charge in [-0.15, -0.1) is 0 Å². The van der Waals surface area contributed by atoms with E-state index in [4.69, 9.17) is 5.73 Å². The first-order chi connectivity index (χ1) is 8.13. The lowest BCUT2D eigenvalue weighted by atomic mass is 10.0. The second kappa shape index (κ2) is 4.59. The van der Waals surface area contributed by atoms with Gasteiger partial charge in [0.1, 0.15) is 6.04 Å². The Bertz CT molecular complexity index is 545. The maximum Gasteiger partial charge on any atom is 0.322 e. The minimum atomic E-state index is -0.612. The van der Waals surface area contributed by atoms with Crippen molar-refractivity contribution in [2.75, 3.05) is 7.11 Å². The molecule has 17 heavy (non-hydrogen) atoms. The molecule has 3 N–H and O–H groups in total. The van der Waals surface area contributed by atoms with E-state index < -0.39 is 6.04 Å². The number of ether oxygens (including phenoxy) is 1. The molecule has 0 aliphatic rings. The molecule has 0 aliphatic carbocycles. The van der Waals surface area contributed by atoms with Crippen molar-refractivity contribution in [2.24, 2.45) is 5.73 Å². The molecule has 0 radical (unpaired) electrons. The standard InChI is InChI=1S/C13H16N2O2/c1-8-4-3-5-11-12(8)9(7-15-11)6-10(14)13(16)17-2/h3-5,7,10,15H,6,14H2,1-2H3. The molecule has 2 rings (SSSR count). The summed E-state index contributed by atoms with van der Waals surface area (Å²) in [6.45, 7) is 2.04. The van der Waals surface area contributed by atoms with Crippen LogP contribution in [0.15, 0.2) is 24.4 Å². The molecule has 0 spiro atoms. The fourth-order valence-corrected chi connectivity index (χ4v) is 2.08. The van der Waals surface area contributed by atoms with Crippen molar-refractivity contribution in [2.45, 2.75) is 19.4 Å². The third kappa shape index (κ3) is 2.17. The first kappa shape index (κ1) is 11.7. The monoisotopic (exact) mass is 232 g/mol. The predicted molar refractivity (Wildman–Crippen MR) is 66.7 cm³/mol. The number of hydrogen-bond acceptors (Lipinski definition) is 3. The van der Waals surface area contributed by atoms with Crippen LogP contribution in [0.25, 0.3) is 10.9 Å². The van der Waals surface area contributed by atoms with Crippen LogP contribution >= 0.6 is 0 Å². The summed E-state index contributed by atoms with van der Waals surface area (Å²) in [6.07, 6.45) is 2.39. The van der Waals surface area contributed by atoms with Crippen LogP contribution in [-0.4, -0.2) is 24.1 Å². The largest absolute Gasteiger partial charge is 0.468 e. The number of H-pyrrole nitrogens is 1. The van der Waals surface area contributed by atoms with Gasteiger partial charge in [-0.3, -0.25) is 4.79 Å². The van der Waals surface area contributed by atoms with Gasteiger partial charge in [-0.2, -0.15) is 0 Å². The Morgan fingerprint density at radius 1 is 1.53 bits per heavy atom. The predicted octanol–water partition coefficient (Wildman–Crippen LogP) is 1.52. The van der Waals surface area contributed by atoms with Crippen LogP contribution in [0.2, 0.25) is 0 Å². The molecule has 0 saturated heterocycles. The number of aromatic amines is 1. The topological polar surface area (TPSA) is 68.1 Å². The molecule has 0 fully saturated rings. The van der Waals surface area contributed by atoms with E-state index in [1.165, 1.54) is 12.7 Å². The summed E-state index contributed by atoms with van der Waals surface area (Å²) in [6, 6.07) is 5.44. The van der Waals surface area contributed by atoms with Crippen LogP contribution in [0.1, 0.15) is 11.1 Å². The Balaban J connectivity index is 2.34. The van der Waals surface area contributed by atoms with Gasteiger partial charge in [0.05, 0.1) is 7.11 Å². The zero-order valence-corrected chi connectivity index (χ0v) is 9.99. The minimum Gasteiger partial charge on any atom is -0.468 e. The van der Waals surface area contributed by atoms with Crippen LogP contribution in [0, 0.1) is 6.92 Å². The molecular weight excluding hydrogens is 216 g/mol. The number of aryl methyl sites for hydroxylation is 1. The van der Waals surface area contributed by atoms with Gasteiger partial charge in [0.25, 0.3) is 0 Å². The van der Waals surface area contributed by atoms with Crippen molar-refractivity contribution in [3.8, 4) is 0 Å². The highest BCUT2D eigenvalue weighted by atomic mass is 16.5. The molecule has 4 heteroatoms. The lowest BCUT2D eigenvalue weighted by Gasteiger charge is -2.08. The van der Waals surface area contributed by atoms with Crippen molar-refractivity contribution >= 4 is 16.9 Å². The average molecular weight is 232 g/mol. The van der Waals surface area contributed by atoms with E-state index in [9.17, 15) is 4.79 Å². The van der Waals surface area contributed by atoms with Crippen molar-refractivity contribution < 1.29 is 9.53 Å². The Hall–Kier alpha value is -1.81. The highest BCUT2D eigenvalue weighted by molar-refractivity contribution is 5.87. The number of esters is 1. The van der Waals surface area contributed by atoms with Gasteiger partial charge in [-0.25, -0.2) is 0 Å². The van der Waals surface area contributed by atoms with Gasteiger partial charge in [0, 0.05) is 23.5 Å². The summed E-state index contributed by atoms with van der Waals surface area (Å²) >= 11 is 0. The Kier molecular flexibility index (Phi) is 3.15. The van der Waals surface area contributed by atoms with Crippen molar-refractivity contribution in [3.63, 3.8) is 0 Å². The molecule has 1 aromatic carbocycles. The zero-order valence-electron chi connectivity index (χ0n) is 9.99. The second-order valence-corrected chi connectivity index (χ2v) is 4.15. The Morgan fingerprint density at radius 2 is 2.29 bits per heavy atom. The minimum absolute atomic E-state index is 0.382. The van der Waals surface area contributed by atoms with Crippen LogP contribution in [0.5, 0.6) is 0 Å². The summed E-state index contributed by atoms with van der Waals surface area (Å²) in [5.74, 6) is -0.382. The van der Waals surface area contributed by atoms with Gasteiger partial charge < -0.3 is 15.5 Å². The Morgan fingerprint density at radius 3 is 3.00 bits per heavy atom. The SMILES string of the molecule is COC(=O)C(N)Cc1c[nH]c2cccc(C)c12. The second-order valence-electron chi connectivity index (χ2n) is 4.15.